The Morgan fingerprint density at radius 3 is 2.48 bits per heavy atom. The molecule has 0 unspecified atom stereocenters. The summed E-state index contributed by atoms with van der Waals surface area (Å²) in [6.07, 6.45) is -6.43. The van der Waals surface area contributed by atoms with Gasteiger partial charge in [-0.05, 0) is 24.6 Å². The summed E-state index contributed by atoms with van der Waals surface area (Å²) < 4.78 is 53.9. The van der Waals surface area contributed by atoms with Crippen LogP contribution in [-0.4, -0.2) is 56.0 Å². The Hall–Kier alpha value is -1.96. The number of fused-ring (bicyclic) bond motifs is 1. The van der Waals surface area contributed by atoms with Gasteiger partial charge in [0.05, 0.1) is 13.2 Å². The molecule has 126 valence electrons. The number of amides is 1. The maximum atomic E-state index is 12.8. The second kappa shape index (κ2) is 5.92. The van der Waals surface area contributed by atoms with E-state index in [-0.39, 0.29) is 13.2 Å². The molecule has 1 saturated heterocycles. The second-order valence-corrected chi connectivity index (χ2v) is 5.46. The quantitative estimate of drug-likeness (QED) is 0.791. The molecule has 3 rings (SSSR count). The van der Waals surface area contributed by atoms with Gasteiger partial charge in [-0.1, -0.05) is 0 Å². The van der Waals surface area contributed by atoms with Gasteiger partial charge in [0.1, 0.15) is 13.2 Å². The number of aryl methyl sites for hydroxylation is 1. The number of carbonyl (C=O) groups is 1. The highest BCUT2D eigenvalue weighted by molar-refractivity contribution is 5.96. The minimum Gasteiger partial charge on any atom is -0.486 e. The van der Waals surface area contributed by atoms with Crippen molar-refractivity contribution in [2.24, 2.45) is 0 Å². The van der Waals surface area contributed by atoms with Crippen molar-refractivity contribution in [3.63, 3.8) is 0 Å². The number of benzene rings is 1. The van der Waals surface area contributed by atoms with Crippen LogP contribution in [0.15, 0.2) is 12.1 Å². The van der Waals surface area contributed by atoms with Crippen molar-refractivity contribution in [1.82, 2.24) is 4.90 Å². The van der Waals surface area contributed by atoms with Crippen LogP contribution in [0.25, 0.3) is 0 Å². The van der Waals surface area contributed by atoms with Gasteiger partial charge >= 0.3 is 6.18 Å². The molecule has 0 spiro atoms. The summed E-state index contributed by atoms with van der Waals surface area (Å²) in [7, 11) is 0. The first-order valence-electron chi connectivity index (χ1n) is 7.24. The smallest absolute Gasteiger partial charge is 0.416 e. The molecule has 1 amide bonds. The van der Waals surface area contributed by atoms with Gasteiger partial charge in [-0.15, -0.1) is 0 Å². The minimum atomic E-state index is -4.49. The van der Waals surface area contributed by atoms with Crippen molar-refractivity contribution >= 4 is 5.91 Å². The Morgan fingerprint density at radius 1 is 1.17 bits per heavy atom. The molecule has 2 heterocycles. The van der Waals surface area contributed by atoms with Gasteiger partial charge in [0.2, 0.25) is 0 Å². The van der Waals surface area contributed by atoms with E-state index in [1.807, 2.05) is 0 Å². The second-order valence-electron chi connectivity index (χ2n) is 5.46. The Kier molecular flexibility index (Phi) is 4.09. The summed E-state index contributed by atoms with van der Waals surface area (Å²) in [5.74, 6) is 0.517. The van der Waals surface area contributed by atoms with Gasteiger partial charge in [-0.25, -0.2) is 0 Å². The minimum absolute atomic E-state index is 0.124. The average molecular weight is 331 g/mol. The summed E-state index contributed by atoms with van der Waals surface area (Å²) in [4.78, 5) is 13.8. The van der Waals surface area contributed by atoms with E-state index in [9.17, 15) is 18.0 Å². The molecule has 0 radical (unpaired) electrons. The van der Waals surface area contributed by atoms with E-state index in [4.69, 9.17) is 14.2 Å². The number of nitrogens with zero attached hydrogens (tertiary/aromatic N) is 1. The summed E-state index contributed by atoms with van der Waals surface area (Å²) in [5.41, 5.74) is 0.950. The number of halogens is 3. The molecule has 1 atom stereocenters. The van der Waals surface area contributed by atoms with Crippen LogP contribution in [0.3, 0.4) is 0 Å². The lowest BCUT2D eigenvalue weighted by molar-refractivity contribution is -0.233. The van der Waals surface area contributed by atoms with E-state index in [1.54, 1.807) is 13.0 Å². The molecule has 1 aromatic carbocycles. The fraction of sp³-hybridized carbons (Fsp3) is 0.533. The van der Waals surface area contributed by atoms with Crippen LogP contribution in [0.5, 0.6) is 11.5 Å². The van der Waals surface area contributed by atoms with E-state index < -0.39 is 24.7 Å². The highest BCUT2D eigenvalue weighted by Crippen LogP contribution is 2.34. The summed E-state index contributed by atoms with van der Waals surface area (Å²) >= 11 is 0. The number of rotatable bonds is 1. The summed E-state index contributed by atoms with van der Waals surface area (Å²) in [5, 5.41) is 0. The topological polar surface area (TPSA) is 48.0 Å². The number of morpholine rings is 1. The van der Waals surface area contributed by atoms with Crippen LogP contribution in [0.1, 0.15) is 15.9 Å². The largest absolute Gasteiger partial charge is 0.486 e. The Labute approximate surface area is 130 Å². The van der Waals surface area contributed by atoms with Crippen molar-refractivity contribution in [2.75, 3.05) is 32.9 Å². The summed E-state index contributed by atoms with van der Waals surface area (Å²) in [6, 6.07) is 3.20. The van der Waals surface area contributed by atoms with E-state index in [1.165, 1.54) is 11.0 Å². The van der Waals surface area contributed by atoms with Crippen molar-refractivity contribution in [3.05, 3.63) is 23.3 Å². The van der Waals surface area contributed by atoms with Crippen LogP contribution < -0.4 is 9.47 Å². The van der Waals surface area contributed by atoms with Gasteiger partial charge in [0.15, 0.2) is 17.6 Å². The Balaban J connectivity index is 1.82. The first kappa shape index (κ1) is 15.9. The molecule has 8 heteroatoms. The molecule has 0 aliphatic carbocycles. The molecule has 5 nitrogen and oxygen atoms in total. The Bertz CT molecular complexity index is 617. The zero-order valence-electron chi connectivity index (χ0n) is 12.5. The third-order valence-corrected chi connectivity index (χ3v) is 3.84. The maximum Gasteiger partial charge on any atom is 0.416 e. The number of ether oxygens (including phenoxy) is 3. The lowest BCUT2D eigenvalue weighted by Crippen LogP contribution is -2.51. The van der Waals surface area contributed by atoms with Crippen molar-refractivity contribution in [2.45, 2.75) is 19.2 Å². The zero-order chi connectivity index (χ0) is 16.6. The van der Waals surface area contributed by atoms with E-state index in [0.717, 1.165) is 0 Å². The predicted molar refractivity (Wildman–Crippen MR) is 73.9 cm³/mol. The number of carbonyl (C=O) groups excluding carboxylic acids is 1. The Morgan fingerprint density at radius 2 is 1.83 bits per heavy atom. The number of hydrogen-bond acceptors (Lipinski definition) is 4. The van der Waals surface area contributed by atoms with E-state index in [2.05, 4.69) is 0 Å². The highest BCUT2D eigenvalue weighted by atomic mass is 19.4. The average Bonchev–Trinajstić information content (AvgIpc) is 2.53. The molecule has 0 saturated carbocycles. The van der Waals surface area contributed by atoms with Crippen molar-refractivity contribution in [1.29, 1.82) is 0 Å². The molecule has 2 aliphatic rings. The van der Waals surface area contributed by atoms with Gasteiger partial charge in [-0.3, -0.25) is 4.79 Å². The first-order chi connectivity index (χ1) is 10.9. The van der Waals surface area contributed by atoms with Crippen molar-refractivity contribution in [3.8, 4) is 11.5 Å². The maximum absolute atomic E-state index is 12.8. The van der Waals surface area contributed by atoms with Crippen LogP contribution in [-0.2, 0) is 4.74 Å². The molecule has 2 aliphatic heterocycles. The number of alkyl halides is 3. The monoisotopic (exact) mass is 331 g/mol. The van der Waals surface area contributed by atoms with Crippen molar-refractivity contribution < 1.29 is 32.2 Å². The van der Waals surface area contributed by atoms with Crippen LogP contribution >= 0.6 is 0 Å². The van der Waals surface area contributed by atoms with Crippen LogP contribution in [0, 0.1) is 6.92 Å². The third kappa shape index (κ3) is 3.21. The van der Waals surface area contributed by atoms with Gasteiger partial charge in [0, 0.05) is 12.1 Å². The first-order valence-corrected chi connectivity index (χ1v) is 7.24. The highest BCUT2D eigenvalue weighted by Gasteiger charge is 2.44. The zero-order valence-corrected chi connectivity index (χ0v) is 12.5. The summed E-state index contributed by atoms with van der Waals surface area (Å²) in [6.45, 7) is 2.00. The molecule has 23 heavy (non-hydrogen) atoms. The van der Waals surface area contributed by atoms with E-state index in [0.29, 0.717) is 35.8 Å². The normalized spacial score (nSPS) is 21.2. The third-order valence-electron chi connectivity index (χ3n) is 3.84. The fourth-order valence-corrected chi connectivity index (χ4v) is 2.62. The number of hydrogen-bond donors (Lipinski definition) is 0. The lowest BCUT2D eigenvalue weighted by Gasteiger charge is -2.34. The molecular weight excluding hydrogens is 315 g/mol. The van der Waals surface area contributed by atoms with E-state index >= 15 is 0 Å². The molecular formula is C15H16F3NO4. The predicted octanol–water partition coefficient (Wildman–Crippen LogP) is 2.17. The fourth-order valence-electron chi connectivity index (χ4n) is 2.62. The van der Waals surface area contributed by atoms with Crippen LogP contribution in [0.2, 0.25) is 0 Å². The van der Waals surface area contributed by atoms with Crippen LogP contribution in [0.4, 0.5) is 13.2 Å². The molecule has 0 aromatic heterocycles. The van der Waals surface area contributed by atoms with Gasteiger partial charge in [-0.2, -0.15) is 13.2 Å². The SMILES string of the molecule is Cc1cc2c(cc1C(=O)N1CCO[C@@H](C(F)(F)F)C1)OCCO2. The molecule has 0 N–H and O–H groups in total. The molecule has 1 fully saturated rings. The lowest BCUT2D eigenvalue weighted by atomic mass is 10.1. The van der Waals surface area contributed by atoms with Gasteiger partial charge in [0.25, 0.3) is 5.91 Å². The standard InChI is InChI=1S/C15H16F3NO4/c1-9-6-11-12(22-5-4-21-11)7-10(9)14(20)19-2-3-23-13(8-19)15(16,17)18/h6-7,13H,2-5,8H2,1H3/t13-/m1/s1. The van der Waals surface area contributed by atoms with Gasteiger partial charge < -0.3 is 19.1 Å². The molecule has 1 aromatic rings. The molecule has 0 bridgehead atoms.